The van der Waals surface area contributed by atoms with Crippen molar-refractivity contribution < 1.29 is 68.7 Å². The van der Waals surface area contributed by atoms with Gasteiger partial charge in [0.15, 0.2) is 0 Å². The third kappa shape index (κ3) is 19.5. The topological polar surface area (TPSA) is 57.2 Å². The zero-order chi connectivity index (χ0) is 13.9. The maximum Gasteiger partial charge on any atom is 1.00 e. The van der Waals surface area contributed by atoms with E-state index in [2.05, 4.69) is 6.92 Å². The molecule has 0 aromatic carbocycles. The monoisotopic (exact) mass is 320 g/mol. The van der Waals surface area contributed by atoms with Crippen molar-refractivity contribution in [3.63, 3.8) is 0 Å². The third-order valence-electron chi connectivity index (χ3n) is 3.03. The molecule has 0 radical (unpaired) electrons. The molecule has 0 aliphatic rings. The van der Waals surface area contributed by atoms with E-state index in [1.54, 1.807) is 0 Å². The molecule has 0 saturated carbocycles. The SMILES string of the molecule is CCCCCCCCCC(F)CCCS(=O)(=O)[O-].[K+]. The summed E-state index contributed by atoms with van der Waals surface area (Å²) >= 11 is 0. The molecule has 0 heterocycles. The van der Waals surface area contributed by atoms with Crippen molar-refractivity contribution in [3.8, 4) is 0 Å². The first-order chi connectivity index (χ1) is 8.45. The van der Waals surface area contributed by atoms with Gasteiger partial charge in [-0.25, -0.2) is 12.8 Å². The van der Waals surface area contributed by atoms with Gasteiger partial charge in [0, 0.05) is 5.75 Å². The van der Waals surface area contributed by atoms with E-state index >= 15 is 0 Å². The van der Waals surface area contributed by atoms with Crippen LogP contribution < -0.4 is 51.4 Å². The zero-order valence-electron chi connectivity index (χ0n) is 12.4. The first kappa shape index (κ1) is 22.8. The summed E-state index contributed by atoms with van der Waals surface area (Å²) in [6, 6.07) is 0. The Kier molecular flexibility index (Phi) is 17.3. The summed E-state index contributed by atoms with van der Waals surface area (Å²) in [4.78, 5) is 0. The first-order valence-corrected chi connectivity index (χ1v) is 8.61. The van der Waals surface area contributed by atoms with E-state index in [1.807, 2.05) is 0 Å². The van der Waals surface area contributed by atoms with Crippen molar-refractivity contribution in [1.29, 1.82) is 0 Å². The van der Waals surface area contributed by atoms with Crippen molar-refractivity contribution in [2.75, 3.05) is 5.75 Å². The molecule has 0 aromatic rings. The average molecular weight is 321 g/mol. The maximum absolute atomic E-state index is 13.3. The Balaban J connectivity index is 0. The van der Waals surface area contributed by atoms with Gasteiger partial charge in [0.1, 0.15) is 6.17 Å². The van der Waals surface area contributed by atoms with Gasteiger partial charge >= 0.3 is 51.4 Å². The van der Waals surface area contributed by atoms with Gasteiger partial charge < -0.3 is 4.55 Å². The van der Waals surface area contributed by atoms with Crippen LogP contribution in [-0.2, 0) is 10.1 Å². The van der Waals surface area contributed by atoms with Crippen LogP contribution >= 0.6 is 0 Å². The van der Waals surface area contributed by atoms with Crippen molar-refractivity contribution in [1.82, 2.24) is 0 Å². The second-order valence-corrected chi connectivity index (χ2v) is 6.43. The molecule has 0 saturated heterocycles. The summed E-state index contributed by atoms with van der Waals surface area (Å²) in [6.45, 7) is 2.18. The number of rotatable bonds is 12. The summed E-state index contributed by atoms with van der Waals surface area (Å²) in [5.74, 6) is -0.440. The molecule has 1 unspecified atom stereocenters. The molecule has 19 heavy (non-hydrogen) atoms. The quantitative estimate of drug-likeness (QED) is 0.303. The molecular formula is C13H26FKO3S. The second-order valence-electron chi connectivity index (χ2n) is 4.91. The van der Waals surface area contributed by atoms with Crippen LogP contribution in [0.4, 0.5) is 4.39 Å². The summed E-state index contributed by atoms with van der Waals surface area (Å²) in [5, 5.41) is 0. The van der Waals surface area contributed by atoms with Crippen molar-refractivity contribution in [2.45, 2.75) is 77.3 Å². The van der Waals surface area contributed by atoms with Gasteiger partial charge in [0.25, 0.3) is 0 Å². The molecule has 3 nitrogen and oxygen atoms in total. The van der Waals surface area contributed by atoms with Gasteiger partial charge in [0.2, 0.25) is 0 Å². The number of unbranched alkanes of at least 4 members (excludes halogenated alkanes) is 6. The Labute approximate surface area is 160 Å². The molecule has 0 spiro atoms. The van der Waals surface area contributed by atoms with E-state index in [0.29, 0.717) is 6.42 Å². The molecule has 0 aliphatic heterocycles. The Bertz CT molecular complexity index is 284. The van der Waals surface area contributed by atoms with Gasteiger partial charge in [-0.2, -0.15) is 0 Å². The van der Waals surface area contributed by atoms with Crippen LogP contribution in [0.15, 0.2) is 0 Å². The van der Waals surface area contributed by atoms with Crippen molar-refractivity contribution in [2.24, 2.45) is 0 Å². The number of hydrogen-bond donors (Lipinski definition) is 0. The predicted octanol–water partition coefficient (Wildman–Crippen LogP) is 0.795. The maximum atomic E-state index is 13.3. The van der Waals surface area contributed by atoms with Crippen LogP contribution in [0.25, 0.3) is 0 Å². The zero-order valence-corrected chi connectivity index (χ0v) is 16.3. The van der Waals surface area contributed by atoms with Crippen LogP contribution in [0.5, 0.6) is 0 Å². The minimum atomic E-state index is -4.17. The fraction of sp³-hybridized carbons (Fsp3) is 1.00. The summed E-state index contributed by atoms with van der Waals surface area (Å²) in [7, 11) is -4.17. The standard InChI is InChI=1S/C13H27FO3S.K/c1-2-3-4-5-6-7-8-10-13(14)11-9-12-18(15,16)17;/h13H,2-12H2,1H3,(H,15,16,17);/q;+1/p-1. The molecule has 110 valence electrons. The van der Waals surface area contributed by atoms with Crippen LogP contribution in [0.1, 0.15) is 71.1 Å². The molecule has 0 fully saturated rings. The smallest absolute Gasteiger partial charge is 0.748 e. The molecule has 0 amide bonds. The normalized spacial score (nSPS) is 13.0. The summed E-state index contributed by atoms with van der Waals surface area (Å²) < 4.78 is 44.3. The molecule has 0 bridgehead atoms. The van der Waals surface area contributed by atoms with Crippen LogP contribution in [0.3, 0.4) is 0 Å². The molecule has 0 aliphatic carbocycles. The molecular weight excluding hydrogens is 294 g/mol. The van der Waals surface area contributed by atoms with Crippen molar-refractivity contribution >= 4 is 10.1 Å². The fourth-order valence-electron chi connectivity index (χ4n) is 1.95. The number of hydrogen-bond acceptors (Lipinski definition) is 3. The van der Waals surface area contributed by atoms with Crippen LogP contribution in [0, 0.1) is 0 Å². The van der Waals surface area contributed by atoms with E-state index < -0.39 is 22.0 Å². The Morgan fingerprint density at radius 2 is 1.42 bits per heavy atom. The molecule has 6 heteroatoms. The third-order valence-corrected chi connectivity index (χ3v) is 3.82. The number of alkyl halides is 1. The van der Waals surface area contributed by atoms with E-state index in [-0.39, 0.29) is 64.2 Å². The Morgan fingerprint density at radius 3 is 1.95 bits per heavy atom. The fourth-order valence-corrected chi connectivity index (χ4v) is 2.47. The van der Waals surface area contributed by atoms with Crippen LogP contribution in [0.2, 0.25) is 0 Å². The van der Waals surface area contributed by atoms with E-state index in [1.165, 1.54) is 25.7 Å². The Hall–Kier alpha value is 1.48. The van der Waals surface area contributed by atoms with Gasteiger partial charge in [-0.05, 0) is 19.3 Å². The van der Waals surface area contributed by atoms with Gasteiger partial charge in [-0.15, -0.1) is 0 Å². The molecule has 0 rings (SSSR count). The minimum Gasteiger partial charge on any atom is -0.748 e. The van der Waals surface area contributed by atoms with E-state index in [4.69, 9.17) is 0 Å². The summed E-state index contributed by atoms with van der Waals surface area (Å²) in [5.41, 5.74) is 0. The predicted molar refractivity (Wildman–Crippen MR) is 71.3 cm³/mol. The first-order valence-electron chi connectivity index (χ1n) is 7.03. The van der Waals surface area contributed by atoms with E-state index in [9.17, 15) is 17.4 Å². The van der Waals surface area contributed by atoms with Gasteiger partial charge in [-0.3, -0.25) is 0 Å². The number of halogens is 1. The Morgan fingerprint density at radius 1 is 0.947 bits per heavy atom. The molecule has 1 atom stereocenters. The molecule has 0 N–H and O–H groups in total. The second kappa shape index (κ2) is 14.4. The van der Waals surface area contributed by atoms with Crippen molar-refractivity contribution in [3.05, 3.63) is 0 Å². The van der Waals surface area contributed by atoms with Gasteiger partial charge in [-0.1, -0.05) is 51.9 Å². The average Bonchev–Trinajstić information content (AvgIpc) is 2.26. The largest absolute Gasteiger partial charge is 1.00 e. The summed E-state index contributed by atoms with van der Waals surface area (Å²) in [6.07, 6.45) is 7.92. The molecule has 0 aromatic heterocycles. The van der Waals surface area contributed by atoms with E-state index in [0.717, 1.165) is 19.3 Å². The van der Waals surface area contributed by atoms with Crippen LogP contribution in [-0.4, -0.2) is 24.9 Å². The van der Waals surface area contributed by atoms with Gasteiger partial charge in [0.05, 0.1) is 10.1 Å². The minimum absolute atomic E-state index is 0.